The molecule has 0 aliphatic carbocycles. The normalized spacial score (nSPS) is 10.6. The van der Waals surface area contributed by atoms with Crippen molar-refractivity contribution in [3.05, 3.63) is 29.6 Å². The van der Waals surface area contributed by atoms with E-state index in [0.29, 0.717) is 11.3 Å². The Labute approximate surface area is 121 Å². The van der Waals surface area contributed by atoms with Gasteiger partial charge in [-0.15, -0.1) is 0 Å². The van der Waals surface area contributed by atoms with E-state index < -0.39 is 0 Å². The minimum absolute atomic E-state index is 0.0843. The summed E-state index contributed by atoms with van der Waals surface area (Å²) in [6.07, 6.45) is -0.0843. The minimum atomic E-state index is -0.274. The molecule has 21 heavy (non-hydrogen) atoms. The van der Waals surface area contributed by atoms with Gasteiger partial charge in [0.25, 0.3) is 0 Å². The third-order valence-electron chi connectivity index (χ3n) is 2.50. The molecule has 0 atom stereocenters. The second kappa shape index (κ2) is 6.31. The smallest absolute Gasteiger partial charge is 0.323 e. The highest BCUT2D eigenvalue weighted by molar-refractivity contribution is 5.55. The molecule has 1 heterocycles. The average molecular weight is 292 g/mol. The molecule has 0 saturated heterocycles. The molecule has 0 amide bonds. The lowest BCUT2D eigenvalue weighted by atomic mass is 10.2. The molecule has 2 rings (SSSR count). The number of aryl methyl sites for hydroxylation is 1. The molecule has 7 nitrogen and oxygen atoms in total. The van der Waals surface area contributed by atoms with Crippen LogP contribution in [0, 0.1) is 12.7 Å². The highest BCUT2D eigenvalue weighted by atomic mass is 19.1. The van der Waals surface area contributed by atoms with Gasteiger partial charge < -0.3 is 10.1 Å². The van der Waals surface area contributed by atoms with Gasteiger partial charge in [-0.3, -0.25) is 5.43 Å². The molecule has 1 aromatic heterocycles. The predicted octanol–water partition coefficient (Wildman–Crippen LogP) is 2.14. The maximum Gasteiger partial charge on any atom is 0.323 e. The van der Waals surface area contributed by atoms with Crippen LogP contribution < -0.4 is 21.3 Å². The number of hydrogen-bond acceptors (Lipinski definition) is 7. The lowest BCUT2D eigenvalue weighted by molar-refractivity contribution is 0.222. The fourth-order valence-corrected chi connectivity index (χ4v) is 1.59. The van der Waals surface area contributed by atoms with Crippen molar-refractivity contribution in [1.82, 2.24) is 15.0 Å². The molecule has 0 radical (unpaired) electrons. The number of nitrogens with two attached hydrogens (primary N) is 1. The summed E-state index contributed by atoms with van der Waals surface area (Å²) in [6, 6.07) is 4.75. The van der Waals surface area contributed by atoms with Gasteiger partial charge in [-0.2, -0.15) is 15.0 Å². The van der Waals surface area contributed by atoms with Crippen LogP contribution in [-0.4, -0.2) is 21.1 Å². The van der Waals surface area contributed by atoms with E-state index in [1.807, 2.05) is 13.8 Å². The SMILES string of the molecule is Cc1cc(Nc2nc(NN)nc(OC(C)C)n2)ccc1F. The molecule has 0 unspecified atom stereocenters. The molecule has 112 valence electrons. The van der Waals surface area contributed by atoms with E-state index >= 15 is 0 Å². The number of hydrogen-bond donors (Lipinski definition) is 3. The average Bonchev–Trinajstić information content (AvgIpc) is 2.42. The summed E-state index contributed by atoms with van der Waals surface area (Å²) in [4.78, 5) is 12.2. The van der Waals surface area contributed by atoms with Gasteiger partial charge in [0.15, 0.2) is 0 Å². The maximum absolute atomic E-state index is 13.2. The molecular weight excluding hydrogens is 275 g/mol. The van der Waals surface area contributed by atoms with Gasteiger partial charge in [0.2, 0.25) is 11.9 Å². The van der Waals surface area contributed by atoms with Crippen molar-refractivity contribution in [3.8, 4) is 6.01 Å². The maximum atomic E-state index is 13.2. The van der Waals surface area contributed by atoms with Crippen LogP contribution >= 0.6 is 0 Å². The Morgan fingerprint density at radius 1 is 1.19 bits per heavy atom. The Morgan fingerprint density at radius 2 is 1.90 bits per heavy atom. The van der Waals surface area contributed by atoms with Gasteiger partial charge in [-0.25, -0.2) is 10.2 Å². The summed E-state index contributed by atoms with van der Waals surface area (Å²) in [6.45, 7) is 5.39. The molecule has 0 aliphatic rings. The summed E-state index contributed by atoms with van der Waals surface area (Å²) in [5.41, 5.74) is 3.51. The molecule has 0 bridgehead atoms. The number of rotatable bonds is 5. The highest BCUT2D eigenvalue weighted by Gasteiger charge is 2.09. The number of halogens is 1. The Bertz CT molecular complexity index is 634. The van der Waals surface area contributed by atoms with Gasteiger partial charge in [0, 0.05) is 5.69 Å². The molecule has 0 saturated carbocycles. The fraction of sp³-hybridized carbons (Fsp3) is 0.308. The summed E-state index contributed by atoms with van der Waals surface area (Å²) < 4.78 is 18.7. The molecular formula is C13H17FN6O. The van der Waals surface area contributed by atoms with Crippen LogP contribution in [0.1, 0.15) is 19.4 Å². The zero-order chi connectivity index (χ0) is 15.4. The van der Waals surface area contributed by atoms with Crippen LogP contribution in [0.25, 0.3) is 0 Å². The topological polar surface area (TPSA) is 98.0 Å². The van der Waals surface area contributed by atoms with E-state index in [4.69, 9.17) is 10.6 Å². The lowest BCUT2D eigenvalue weighted by Crippen LogP contribution is -2.15. The molecule has 2 aromatic rings. The number of aromatic nitrogens is 3. The van der Waals surface area contributed by atoms with Crippen molar-refractivity contribution in [3.63, 3.8) is 0 Å². The molecule has 0 fully saturated rings. The van der Waals surface area contributed by atoms with Crippen LogP contribution in [0.3, 0.4) is 0 Å². The summed E-state index contributed by atoms with van der Waals surface area (Å²) in [5.74, 6) is 5.46. The second-order valence-corrected chi connectivity index (χ2v) is 4.67. The molecule has 0 spiro atoms. The number of hydrazine groups is 1. The quantitative estimate of drug-likeness (QED) is 0.573. The van der Waals surface area contributed by atoms with Gasteiger partial charge in [-0.05, 0) is 44.5 Å². The first kappa shape index (κ1) is 14.9. The number of benzene rings is 1. The summed E-state index contributed by atoms with van der Waals surface area (Å²) >= 11 is 0. The number of nitrogen functional groups attached to an aromatic ring is 1. The van der Waals surface area contributed by atoms with Gasteiger partial charge >= 0.3 is 6.01 Å². The van der Waals surface area contributed by atoms with Crippen molar-refractivity contribution in [1.29, 1.82) is 0 Å². The Kier molecular flexibility index (Phi) is 4.49. The van der Waals surface area contributed by atoms with Gasteiger partial charge in [0.05, 0.1) is 6.10 Å². The second-order valence-electron chi connectivity index (χ2n) is 4.67. The van der Waals surface area contributed by atoms with Crippen LogP contribution in [0.4, 0.5) is 22.0 Å². The Hall–Kier alpha value is -2.48. The Balaban J connectivity index is 2.27. The third-order valence-corrected chi connectivity index (χ3v) is 2.50. The van der Waals surface area contributed by atoms with E-state index in [2.05, 4.69) is 25.7 Å². The largest absolute Gasteiger partial charge is 0.461 e. The van der Waals surface area contributed by atoms with E-state index in [1.165, 1.54) is 6.07 Å². The standard InChI is InChI=1S/C13H17FN6O/c1-7(2)21-13-18-11(17-12(19-13)20-15)16-9-4-5-10(14)8(3)6-9/h4-7H,15H2,1-3H3,(H2,16,17,18,19,20). The van der Waals surface area contributed by atoms with Crippen LogP contribution in [0.2, 0.25) is 0 Å². The van der Waals surface area contributed by atoms with E-state index in [1.54, 1.807) is 19.1 Å². The predicted molar refractivity (Wildman–Crippen MR) is 77.8 cm³/mol. The first-order valence-electron chi connectivity index (χ1n) is 6.40. The van der Waals surface area contributed by atoms with Gasteiger partial charge in [-0.1, -0.05) is 0 Å². The zero-order valence-electron chi connectivity index (χ0n) is 12.0. The van der Waals surface area contributed by atoms with Crippen LogP contribution in [-0.2, 0) is 0 Å². The molecule has 0 aliphatic heterocycles. The van der Waals surface area contributed by atoms with Gasteiger partial charge in [0.1, 0.15) is 5.82 Å². The van der Waals surface area contributed by atoms with Crippen molar-refractivity contribution >= 4 is 17.6 Å². The molecule has 1 aromatic carbocycles. The first-order valence-corrected chi connectivity index (χ1v) is 6.40. The number of nitrogens with zero attached hydrogens (tertiary/aromatic N) is 3. The van der Waals surface area contributed by atoms with E-state index in [9.17, 15) is 4.39 Å². The number of anilines is 3. The van der Waals surface area contributed by atoms with Crippen LogP contribution in [0.5, 0.6) is 6.01 Å². The van der Waals surface area contributed by atoms with Crippen molar-refractivity contribution < 1.29 is 9.13 Å². The van der Waals surface area contributed by atoms with E-state index in [0.717, 1.165) is 0 Å². The van der Waals surface area contributed by atoms with Crippen LogP contribution in [0.15, 0.2) is 18.2 Å². The summed E-state index contributed by atoms with van der Waals surface area (Å²) in [5, 5.41) is 2.96. The van der Waals surface area contributed by atoms with E-state index in [-0.39, 0.29) is 29.8 Å². The summed E-state index contributed by atoms with van der Waals surface area (Å²) in [7, 11) is 0. The third kappa shape index (κ3) is 3.99. The monoisotopic (exact) mass is 292 g/mol. The fourth-order valence-electron chi connectivity index (χ4n) is 1.59. The van der Waals surface area contributed by atoms with Crippen molar-refractivity contribution in [2.45, 2.75) is 26.9 Å². The zero-order valence-corrected chi connectivity index (χ0v) is 12.0. The van der Waals surface area contributed by atoms with Crippen molar-refractivity contribution in [2.24, 2.45) is 5.84 Å². The minimum Gasteiger partial charge on any atom is -0.461 e. The first-order chi connectivity index (χ1) is 9.97. The highest BCUT2D eigenvalue weighted by Crippen LogP contribution is 2.19. The lowest BCUT2D eigenvalue weighted by Gasteiger charge is -2.11. The molecule has 4 N–H and O–H groups in total. The Morgan fingerprint density at radius 3 is 2.52 bits per heavy atom. The molecule has 8 heteroatoms. The number of nitrogens with one attached hydrogen (secondary N) is 2. The van der Waals surface area contributed by atoms with Crippen molar-refractivity contribution in [2.75, 3.05) is 10.7 Å². The number of ether oxygens (including phenoxy) is 1.